The van der Waals surface area contributed by atoms with Gasteiger partial charge in [-0.25, -0.2) is 0 Å². The van der Waals surface area contributed by atoms with Crippen LogP contribution in [0.15, 0.2) is 24.3 Å². The lowest BCUT2D eigenvalue weighted by Crippen LogP contribution is -2.50. The molecule has 0 aromatic heterocycles. The molecular formula is C21H31N3O3S. The summed E-state index contributed by atoms with van der Waals surface area (Å²) < 4.78 is 5.50. The third-order valence-corrected chi connectivity index (χ3v) is 6.58. The molecule has 3 rings (SSSR count). The number of carbonyl (C=O) groups is 2. The summed E-state index contributed by atoms with van der Waals surface area (Å²) in [7, 11) is 1.67. The predicted molar refractivity (Wildman–Crippen MR) is 112 cm³/mol. The van der Waals surface area contributed by atoms with Gasteiger partial charge < -0.3 is 14.5 Å². The lowest BCUT2D eigenvalue weighted by atomic mass is 10.1. The Labute approximate surface area is 172 Å². The van der Waals surface area contributed by atoms with Gasteiger partial charge in [0.15, 0.2) is 0 Å². The molecule has 0 bridgehead atoms. The minimum Gasteiger partial charge on any atom is -0.496 e. The zero-order valence-corrected chi connectivity index (χ0v) is 17.9. The molecule has 2 fully saturated rings. The Hall–Kier alpha value is -1.73. The van der Waals surface area contributed by atoms with Gasteiger partial charge in [0.1, 0.15) is 11.1 Å². The molecule has 0 N–H and O–H groups in total. The third kappa shape index (κ3) is 5.00. The quantitative estimate of drug-likeness (QED) is 0.698. The molecule has 154 valence electrons. The van der Waals surface area contributed by atoms with E-state index in [1.807, 2.05) is 34.1 Å². The molecule has 2 aliphatic rings. The SMILES string of the molecule is COc1ccccc1[C@@H]1SCC(=O)N1CCN1CCN(C(=O)CC(C)C)CC1. The standard InChI is InChI=1S/C21H31N3O3S/c1-16(2)14-19(25)23-11-8-22(9-12-23)10-13-24-20(26)15-28-21(24)17-6-4-5-7-18(17)27-3/h4-7,16,21H,8-15H2,1-3H3/t21-/m0/s1. The summed E-state index contributed by atoms with van der Waals surface area (Å²) in [6.07, 6.45) is 0.625. The molecule has 0 aliphatic carbocycles. The van der Waals surface area contributed by atoms with Crippen molar-refractivity contribution in [2.24, 2.45) is 5.92 Å². The van der Waals surface area contributed by atoms with Crippen molar-refractivity contribution < 1.29 is 14.3 Å². The number of piperazine rings is 1. The Bertz CT molecular complexity index is 689. The monoisotopic (exact) mass is 405 g/mol. The summed E-state index contributed by atoms with van der Waals surface area (Å²) in [6.45, 7) is 9.01. The van der Waals surface area contributed by atoms with Crippen molar-refractivity contribution in [1.82, 2.24) is 14.7 Å². The normalized spacial score (nSPS) is 20.9. The second kappa shape index (κ2) is 9.65. The highest BCUT2D eigenvalue weighted by Gasteiger charge is 2.34. The van der Waals surface area contributed by atoms with E-state index in [4.69, 9.17) is 4.74 Å². The second-order valence-electron chi connectivity index (χ2n) is 7.81. The van der Waals surface area contributed by atoms with Crippen LogP contribution in [-0.2, 0) is 9.59 Å². The van der Waals surface area contributed by atoms with Crippen LogP contribution in [0.1, 0.15) is 31.2 Å². The maximum absolute atomic E-state index is 12.5. The molecule has 28 heavy (non-hydrogen) atoms. The van der Waals surface area contributed by atoms with Crippen LogP contribution < -0.4 is 4.74 Å². The summed E-state index contributed by atoms with van der Waals surface area (Å²) >= 11 is 1.66. The first-order chi connectivity index (χ1) is 13.5. The van der Waals surface area contributed by atoms with Crippen LogP contribution in [0.25, 0.3) is 0 Å². The Morgan fingerprint density at radius 2 is 1.89 bits per heavy atom. The number of hydrogen-bond acceptors (Lipinski definition) is 5. The van der Waals surface area contributed by atoms with Gasteiger partial charge in [0.05, 0.1) is 12.9 Å². The molecule has 1 atom stereocenters. The van der Waals surface area contributed by atoms with Crippen molar-refractivity contribution in [1.29, 1.82) is 0 Å². The van der Waals surface area contributed by atoms with Crippen LogP contribution in [0.5, 0.6) is 5.75 Å². The topological polar surface area (TPSA) is 53.1 Å². The van der Waals surface area contributed by atoms with Gasteiger partial charge in [-0.2, -0.15) is 0 Å². The predicted octanol–water partition coefficient (Wildman–Crippen LogP) is 2.46. The third-order valence-electron chi connectivity index (χ3n) is 5.34. The molecule has 1 aromatic carbocycles. The van der Waals surface area contributed by atoms with Gasteiger partial charge in [-0.1, -0.05) is 32.0 Å². The van der Waals surface area contributed by atoms with Crippen molar-refractivity contribution in [3.05, 3.63) is 29.8 Å². The Kier molecular flexibility index (Phi) is 7.24. The van der Waals surface area contributed by atoms with E-state index in [1.54, 1.807) is 18.9 Å². The van der Waals surface area contributed by atoms with E-state index in [-0.39, 0.29) is 17.2 Å². The van der Waals surface area contributed by atoms with Crippen LogP contribution in [0.3, 0.4) is 0 Å². The van der Waals surface area contributed by atoms with Gasteiger partial charge in [0.2, 0.25) is 11.8 Å². The fraction of sp³-hybridized carbons (Fsp3) is 0.619. The summed E-state index contributed by atoms with van der Waals surface area (Å²) in [5, 5.41) is 0.0116. The highest BCUT2D eigenvalue weighted by molar-refractivity contribution is 8.00. The van der Waals surface area contributed by atoms with E-state index in [9.17, 15) is 9.59 Å². The number of rotatable bonds is 7. The van der Waals surface area contributed by atoms with Gasteiger partial charge in [0.25, 0.3) is 0 Å². The molecule has 2 heterocycles. The lowest BCUT2D eigenvalue weighted by molar-refractivity contribution is -0.133. The average Bonchev–Trinajstić information content (AvgIpc) is 3.06. The molecule has 0 saturated carbocycles. The van der Waals surface area contributed by atoms with Gasteiger partial charge >= 0.3 is 0 Å². The van der Waals surface area contributed by atoms with Crippen molar-refractivity contribution in [2.45, 2.75) is 25.6 Å². The maximum atomic E-state index is 12.5. The van der Waals surface area contributed by atoms with Crippen LogP contribution >= 0.6 is 11.8 Å². The number of carbonyl (C=O) groups excluding carboxylic acids is 2. The number of nitrogens with zero attached hydrogens (tertiary/aromatic N) is 3. The van der Waals surface area contributed by atoms with E-state index in [2.05, 4.69) is 18.7 Å². The molecule has 0 spiro atoms. The molecule has 7 heteroatoms. The first-order valence-corrected chi connectivity index (χ1v) is 11.1. The van der Waals surface area contributed by atoms with E-state index in [0.717, 1.165) is 44.0 Å². The minimum absolute atomic E-state index is 0.0116. The number of amides is 2. The van der Waals surface area contributed by atoms with Gasteiger partial charge in [-0.15, -0.1) is 11.8 Å². The molecule has 2 amide bonds. The number of para-hydroxylation sites is 1. The smallest absolute Gasteiger partial charge is 0.233 e. The molecular weight excluding hydrogens is 374 g/mol. The van der Waals surface area contributed by atoms with Gasteiger partial charge in [-0.05, 0) is 12.0 Å². The zero-order chi connectivity index (χ0) is 20.1. The second-order valence-corrected chi connectivity index (χ2v) is 8.88. The zero-order valence-electron chi connectivity index (χ0n) is 17.1. The van der Waals surface area contributed by atoms with Crippen LogP contribution in [0.2, 0.25) is 0 Å². The van der Waals surface area contributed by atoms with E-state index < -0.39 is 0 Å². The highest BCUT2D eigenvalue weighted by atomic mass is 32.2. The minimum atomic E-state index is 0.0116. The van der Waals surface area contributed by atoms with E-state index in [0.29, 0.717) is 24.6 Å². The average molecular weight is 406 g/mol. The fourth-order valence-electron chi connectivity index (χ4n) is 3.77. The van der Waals surface area contributed by atoms with Crippen molar-refractivity contribution in [3.63, 3.8) is 0 Å². The van der Waals surface area contributed by atoms with Crippen molar-refractivity contribution in [2.75, 3.05) is 52.1 Å². The number of ether oxygens (including phenoxy) is 1. The van der Waals surface area contributed by atoms with Crippen LogP contribution in [0, 0.1) is 5.92 Å². The van der Waals surface area contributed by atoms with E-state index in [1.165, 1.54) is 0 Å². The summed E-state index contributed by atoms with van der Waals surface area (Å²) in [6, 6.07) is 7.94. The molecule has 2 saturated heterocycles. The van der Waals surface area contributed by atoms with Gasteiger partial charge in [0, 0.05) is 51.3 Å². The summed E-state index contributed by atoms with van der Waals surface area (Å²) in [5.41, 5.74) is 1.06. The molecule has 2 aliphatic heterocycles. The first kappa shape index (κ1) is 21.0. The maximum Gasteiger partial charge on any atom is 0.233 e. The largest absolute Gasteiger partial charge is 0.496 e. The van der Waals surface area contributed by atoms with Gasteiger partial charge in [-0.3, -0.25) is 14.5 Å². The molecule has 6 nitrogen and oxygen atoms in total. The Morgan fingerprint density at radius 3 is 2.57 bits per heavy atom. The van der Waals surface area contributed by atoms with E-state index >= 15 is 0 Å². The molecule has 0 radical (unpaired) electrons. The number of thioether (sulfide) groups is 1. The van der Waals surface area contributed by atoms with Crippen LogP contribution in [-0.4, -0.2) is 78.6 Å². The molecule has 0 unspecified atom stereocenters. The number of benzene rings is 1. The Balaban J connectivity index is 1.54. The summed E-state index contributed by atoms with van der Waals surface area (Å²) in [5.74, 6) is 2.19. The van der Waals surface area contributed by atoms with Crippen molar-refractivity contribution in [3.8, 4) is 5.75 Å². The number of hydrogen-bond donors (Lipinski definition) is 0. The van der Waals surface area contributed by atoms with Crippen LogP contribution in [0.4, 0.5) is 0 Å². The lowest BCUT2D eigenvalue weighted by Gasteiger charge is -2.36. The molecule has 1 aromatic rings. The number of methoxy groups -OCH3 is 1. The Morgan fingerprint density at radius 1 is 1.18 bits per heavy atom. The highest BCUT2D eigenvalue weighted by Crippen LogP contribution is 2.42. The summed E-state index contributed by atoms with van der Waals surface area (Å²) in [4.78, 5) is 31.0. The van der Waals surface area contributed by atoms with Crippen molar-refractivity contribution >= 4 is 23.6 Å². The first-order valence-electron chi connectivity index (χ1n) is 10.0. The fourth-order valence-corrected chi connectivity index (χ4v) is 5.02.